The summed E-state index contributed by atoms with van der Waals surface area (Å²) in [6.45, 7) is 4.03. The first kappa shape index (κ1) is 28.0. The molecule has 0 unspecified atom stereocenters. The van der Waals surface area contributed by atoms with Crippen LogP contribution in [0.3, 0.4) is 0 Å². The van der Waals surface area contributed by atoms with Crippen molar-refractivity contribution in [3.63, 3.8) is 0 Å². The van der Waals surface area contributed by atoms with Crippen molar-refractivity contribution in [1.82, 2.24) is 4.90 Å². The predicted octanol–water partition coefficient (Wildman–Crippen LogP) is 7.72. The molecule has 0 bridgehead atoms. The molecule has 0 N–H and O–H groups in total. The number of alkyl halides is 3. The van der Waals surface area contributed by atoms with Gasteiger partial charge < -0.3 is 4.74 Å². The number of aryl methyl sites for hydroxylation is 1. The molecule has 0 aliphatic rings. The van der Waals surface area contributed by atoms with Gasteiger partial charge >= 0.3 is 6.18 Å². The maximum absolute atomic E-state index is 12.6. The number of Topliss-reactive ketones (excluding diaryl/α,β-unsaturated/α-hetero) is 1. The summed E-state index contributed by atoms with van der Waals surface area (Å²) in [5.74, 6) is -1.68. The Morgan fingerprint density at radius 2 is 1.36 bits per heavy atom. The number of hydrogen-bond acceptors (Lipinski definition) is 3. The zero-order valence-corrected chi connectivity index (χ0v) is 21.8. The van der Waals surface area contributed by atoms with Crippen molar-refractivity contribution >= 4 is 29.0 Å². The van der Waals surface area contributed by atoms with Crippen LogP contribution in [-0.4, -0.2) is 36.6 Å². The summed E-state index contributed by atoms with van der Waals surface area (Å²) in [6, 6.07) is 22.4. The van der Waals surface area contributed by atoms with Crippen LogP contribution in [0.25, 0.3) is 0 Å². The number of hydrogen-bond donors (Lipinski definition) is 0. The van der Waals surface area contributed by atoms with Crippen LogP contribution in [0.2, 0.25) is 10.0 Å². The summed E-state index contributed by atoms with van der Waals surface area (Å²) in [4.78, 5) is 13.6. The third-order valence-corrected chi connectivity index (χ3v) is 6.92. The van der Waals surface area contributed by atoms with Gasteiger partial charge in [-0.1, -0.05) is 59.6 Å². The van der Waals surface area contributed by atoms with Gasteiger partial charge in [-0.05, 0) is 93.4 Å². The number of carbonyl (C=O) groups excluding carboxylic acids is 1. The van der Waals surface area contributed by atoms with Gasteiger partial charge in [0.15, 0.2) is 6.10 Å². The maximum atomic E-state index is 12.6. The highest BCUT2D eigenvalue weighted by molar-refractivity contribution is 6.30. The fourth-order valence-electron chi connectivity index (χ4n) is 4.12. The Labute approximate surface area is 219 Å². The standard InChI is InChI=1S/C28H28Cl2F3NO2/c1-19(26(35)28(31,32)33)36-25-16-6-20(7-17-25)5-4-18-34(3)27(2,21-8-12-23(29)13-9-21)22-10-14-24(30)15-11-22/h6-17,19H,4-5,18H2,1-3H3/t19-/m1/s1. The van der Waals surface area contributed by atoms with E-state index in [1.54, 1.807) is 24.3 Å². The van der Waals surface area contributed by atoms with Crippen molar-refractivity contribution in [3.05, 3.63) is 99.5 Å². The van der Waals surface area contributed by atoms with E-state index in [-0.39, 0.29) is 5.75 Å². The molecule has 1 atom stereocenters. The Bertz CT molecular complexity index is 1100. The smallest absolute Gasteiger partial charge is 0.453 e. The fraction of sp³-hybridized carbons (Fsp3) is 0.321. The summed E-state index contributed by atoms with van der Waals surface area (Å²) in [5.41, 5.74) is 2.79. The van der Waals surface area contributed by atoms with Crippen molar-refractivity contribution in [3.8, 4) is 5.75 Å². The minimum Gasteiger partial charge on any atom is -0.483 e. The Morgan fingerprint density at radius 3 is 1.81 bits per heavy atom. The van der Waals surface area contributed by atoms with E-state index in [0.717, 1.165) is 43.0 Å². The quantitative estimate of drug-likeness (QED) is 0.265. The lowest BCUT2D eigenvalue weighted by Gasteiger charge is -2.40. The van der Waals surface area contributed by atoms with Gasteiger partial charge in [0, 0.05) is 10.0 Å². The topological polar surface area (TPSA) is 29.5 Å². The van der Waals surface area contributed by atoms with Crippen LogP contribution >= 0.6 is 23.2 Å². The minimum atomic E-state index is -4.92. The van der Waals surface area contributed by atoms with Gasteiger partial charge in [-0.3, -0.25) is 9.69 Å². The van der Waals surface area contributed by atoms with Crippen molar-refractivity contribution in [2.75, 3.05) is 13.6 Å². The molecule has 36 heavy (non-hydrogen) atoms. The highest BCUT2D eigenvalue weighted by Crippen LogP contribution is 2.36. The van der Waals surface area contributed by atoms with Crippen LogP contribution in [0.5, 0.6) is 5.75 Å². The number of nitrogens with zero attached hydrogens (tertiary/aromatic N) is 1. The van der Waals surface area contributed by atoms with Gasteiger partial charge in [-0.15, -0.1) is 0 Å². The van der Waals surface area contributed by atoms with E-state index in [1.807, 2.05) is 48.5 Å². The molecule has 192 valence electrons. The molecule has 0 radical (unpaired) electrons. The minimum absolute atomic E-state index is 0.221. The third-order valence-electron chi connectivity index (χ3n) is 6.42. The second kappa shape index (κ2) is 11.7. The molecule has 3 aromatic rings. The average molecular weight is 538 g/mol. The van der Waals surface area contributed by atoms with Crippen molar-refractivity contribution in [1.29, 1.82) is 0 Å². The molecular weight excluding hydrogens is 510 g/mol. The van der Waals surface area contributed by atoms with E-state index in [4.69, 9.17) is 27.9 Å². The normalized spacial score (nSPS) is 13.0. The molecule has 3 nitrogen and oxygen atoms in total. The molecule has 8 heteroatoms. The first-order valence-corrected chi connectivity index (χ1v) is 12.3. The maximum Gasteiger partial charge on any atom is 0.453 e. The molecule has 3 rings (SSSR count). The third kappa shape index (κ3) is 6.81. The van der Waals surface area contributed by atoms with E-state index in [0.29, 0.717) is 10.0 Å². The Balaban J connectivity index is 1.66. The zero-order chi connectivity index (χ0) is 26.5. The highest BCUT2D eigenvalue weighted by Gasteiger charge is 2.42. The number of halogens is 5. The lowest BCUT2D eigenvalue weighted by atomic mass is 9.83. The van der Waals surface area contributed by atoms with Crippen LogP contribution < -0.4 is 4.74 Å². The first-order valence-electron chi connectivity index (χ1n) is 11.5. The van der Waals surface area contributed by atoms with E-state index < -0.39 is 23.6 Å². The first-order chi connectivity index (χ1) is 16.9. The Hall–Kier alpha value is -2.54. The van der Waals surface area contributed by atoms with E-state index in [2.05, 4.69) is 18.9 Å². The molecule has 0 spiro atoms. The van der Waals surface area contributed by atoms with Gasteiger partial charge in [0.1, 0.15) is 5.75 Å². The summed E-state index contributed by atoms with van der Waals surface area (Å²) >= 11 is 12.3. The van der Waals surface area contributed by atoms with Crippen molar-refractivity contribution in [2.24, 2.45) is 0 Å². The second-order valence-corrected chi connectivity index (χ2v) is 9.75. The summed E-state index contributed by atoms with van der Waals surface area (Å²) in [7, 11) is 2.07. The fourth-order valence-corrected chi connectivity index (χ4v) is 4.38. The molecule has 0 amide bonds. The Morgan fingerprint density at radius 1 is 0.889 bits per heavy atom. The highest BCUT2D eigenvalue weighted by atomic mass is 35.5. The van der Waals surface area contributed by atoms with Crippen molar-refractivity contribution < 1.29 is 22.7 Å². The second-order valence-electron chi connectivity index (χ2n) is 8.88. The summed E-state index contributed by atoms with van der Waals surface area (Å²) < 4.78 is 42.8. The molecule has 0 aromatic heterocycles. The van der Waals surface area contributed by atoms with Crippen LogP contribution in [-0.2, 0) is 16.8 Å². The van der Waals surface area contributed by atoms with E-state index in [9.17, 15) is 18.0 Å². The molecule has 0 saturated carbocycles. The summed E-state index contributed by atoms with van der Waals surface area (Å²) in [6.07, 6.45) is -4.91. The van der Waals surface area contributed by atoms with Crippen molar-refractivity contribution in [2.45, 2.75) is 44.5 Å². The van der Waals surface area contributed by atoms with Crippen LogP contribution in [0, 0.1) is 0 Å². The number of ketones is 1. The number of ether oxygens (including phenoxy) is 1. The monoisotopic (exact) mass is 537 g/mol. The van der Waals surface area contributed by atoms with E-state index in [1.165, 1.54) is 0 Å². The van der Waals surface area contributed by atoms with Crippen LogP contribution in [0.15, 0.2) is 72.8 Å². The van der Waals surface area contributed by atoms with Gasteiger partial charge in [-0.25, -0.2) is 0 Å². The molecule has 0 aliphatic heterocycles. The number of rotatable bonds is 10. The Kier molecular flexibility index (Phi) is 9.09. The molecular formula is C28H28Cl2F3NO2. The van der Waals surface area contributed by atoms with Gasteiger partial charge in [0.05, 0.1) is 5.54 Å². The molecule has 0 aliphatic carbocycles. The van der Waals surface area contributed by atoms with Gasteiger partial charge in [-0.2, -0.15) is 13.2 Å². The van der Waals surface area contributed by atoms with Gasteiger partial charge in [0.25, 0.3) is 5.78 Å². The zero-order valence-electron chi connectivity index (χ0n) is 20.3. The summed E-state index contributed by atoms with van der Waals surface area (Å²) in [5, 5.41) is 1.34. The van der Waals surface area contributed by atoms with Crippen LogP contribution in [0.4, 0.5) is 13.2 Å². The predicted molar refractivity (Wildman–Crippen MR) is 138 cm³/mol. The van der Waals surface area contributed by atoms with E-state index >= 15 is 0 Å². The lowest BCUT2D eigenvalue weighted by molar-refractivity contribution is -0.177. The largest absolute Gasteiger partial charge is 0.483 e. The van der Waals surface area contributed by atoms with Gasteiger partial charge in [0.2, 0.25) is 0 Å². The molecule has 0 heterocycles. The molecule has 0 saturated heterocycles. The van der Waals surface area contributed by atoms with Crippen LogP contribution in [0.1, 0.15) is 37.0 Å². The molecule has 0 fully saturated rings. The average Bonchev–Trinajstić information content (AvgIpc) is 2.84. The lowest BCUT2D eigenvalue weighted by Crippen LogP contribution is -2.42. The molecule has 3 aromatic carbocycles. The number of carbonyl (C=O) groups is 1. The number of benzene rings is 3. The SMILES string of the molecule is C[C@@H](Oc1ccc(CCCN(C)C(C)(c2ccc(Cl)cc2)c2ccc(Cl)cc2)cc1)C(=O)C(F)(F)F.